The molecule has 1 aliphatic rings. The van der Waals surface area contributed by atoms with E-state index in [2.05, 4.69) is 5.48 Å². The van der Waals surface area contributed by atoms with Crippen LogP contribution in [0.3, 0.4) is 0 Å². The van der Waals surface area contributed by atoms with Gasteiger partial charge in [0.2, 0.25) is 0 Å². The van der Waals surface area contributed by atoms with Crippen molar-refractivity contribution in [2.75, 3.05) is 6.61 Å². The molecule has 9 heavy (non-hydrogen) atoms. The summed E-state index contributed by atoms with van der Waals surface area (Å²) in [7, 11) is 0. The summed E-state index contributed by atoms with van der Waals surface area (Å²) in [6.45, 7) is 0.712. The standard InChI is InChI=1S/C5H10N2O.ClH/c6-5-3-1-2-4-8-7-5;/h1,3,5,7H,2,4,6H2;1H. The first-order valence-corrected chi connectivity index (χ1v) is 2.69. The Morgan fingerprint density at radius 1 is 1.67 bits per heavy atom. The zero-order valence-electron chi connectivity index (χ0n) is 5.04. The second-order valence-corrected chi connectivity index (χ2v) is 1.71. The summed E-state index contributed by atoms with van der Waals surface area (Å²) in [5, 5.41) is 0. The predicted molar refractivity (Wildman–Crippen MR) is 38.1 cm³/mol. The summed E-state index contributed by atoms with van der Waals surface area (Å²) in [6, 6.07) is 0. The molecule has 0 aliphatic carbocycles. The Morgan fingerprint density at radius 2 is 2.44 bits per heavy atom. The van der Waals surface area contributed by atoms with Crippen LogP contribution in [0.1, 0.15) is 6.42 Å². The Morgan fingerprint density at radius 3 is 3.22 bits per heavy atom. The number of nitrogens with one attached hydrogen (secondary N) is 1. The van der Waals surface area contributed by atoms with Crippen LogP contribution in [0.2, 0.25) is 0 Å². The summed E-state index contributed by atoms with van der Waals surface area (Å²) in [4.78, 5) is 4.87. The van der Waals surface area contributed by atoms with Crippen LogP contribution in [0.15, 0.2) is 12.2 Å². The third-order valence-corrected chi connectivity index (χ3v) is 0.949. The highest BCUT2D eigenvalue weighted by Crippen LogP contribution is 1.90. The minimum atomic E-state index is -0.127. The largest absolute Gasteiger partial charge is 0.311 e. The van der Waals surface area contributed by atoms with Crippen LogP contribution in [0, 0.1) is 0 Å². The lowest BCUT2D eigenvalue weighted by atomic mass is 10.4. The van der Waals surface area contributed by atoms with Gasteiger partial charge in [-0.25, -0.2) is 0 Å². The Bertz CT molecular complexity index is 97.0. The minimum absolute atomic E-state index is 0. The van der Waals surface area contributed by atoms with E-state index in [1.54, 1.807) is 0 Å². The fraction of sp³-hybridized carbons (Fsp3) is 0.600. The van der Waals surface area contributed by atoms with Crippen LogP contribution in [0.5, 0.6) is 0 Å². The van der Waals surface area contributed by atoms with E-state index in [4.69, 9.17) is 10.6 Å². The Hall–Kier alpha value is -0.0900. The third kappa shape index (κ3) is 3.48. The number of hydrogen-bond acceptors (Lipinski definition) is 3. The van der Waals surface area contributed by atoms with Crippen molar-refractivity contribution < 1.29 is 4.84 Å². The molecule has 1 atom stereocenters. The van der Waals surface area contributed by atoms with Crippen molar-refractivity contribution in [2.45, 2.75) is 12.6 Å². The van der Waals surface area contributed by atoms with Crippen LogP contribution < -0.4 is 11.2 Å². The molecule has 0 aromatic heterocycles. The molecule has 0 spiro atoms. The van der Waals surface area contributed by atoms with Crippen molar-refractivity contribution in [2.24, 2.45) is 5.73 Å². The highest BCUT2D eigenvalue weighted by molar-refractivity contribution is 5.85. The lowest BCUT2D eigenvalue weighted by Crippen LogP contribution is -2.34. The van der Waals surface area contributed by atoms with Crippen molar-refractivity contribution in [3.63, 3.8) is 0 Å². The second-order valence-electron chi connectivity index (χ2n) is 1.71. The maximum absolute atomic E-state index is 5.41. The topological polar surface area (TPSA) is 47.3 Å². The van der Waals surface area contributed by atoms with E-state index in [-0.39, 0.29) is 18.6 Å². The molecule has 4 heteroatoms. The van der Waals surface area contributed by atoms with Gasteiger partial charge < -0.3 is 5.73 Å². The van der Waals surface area contributed by atoms with E-state index in [9.17, 15) is 0 Å². The van der Waals surface area contributed by atoms with Crippen molar-refractivity contribution in [3.8, 4) is 0 Å². The highest BCUT2D eigenvalue weighted by Gasteiger charge is 1.97. The van der Waals surface area contributed by atoms with Gasteiger partial charge in [0, 0.05) is 0 Å². The smallest absolute Gasteiger partial charge is 0.0973 e. The third-order valence-electron chi connectivity index (χ3n) is 0.949. The number of halogens is 1. The summed E-state index contributed by atoms with van der Waals surface area (Å²) >= 11 is 0. The van der Waals surface area contributed by atoms with E-state index in [0.717, 1.165) is 6.42 Å². The summed E-state index contributed by atoms with van der Waals surface area (Å²) < 4.78 is 0. The molecule has 0 bridgehead atoms. The zero-order chi connectivity index (χ0) is 5.82. The average molecular weight is 151 g/mol. The molecular weight excluding hydrogens is 140 g/mol. The van der Waals surface area contributed by atoms with E-state index >= 15 is 0 Å². The van der Waals surface area contributed by atoms with Crippen molar-refractivity contribution in [1.82, 2.24) is 5.48 Å². The Kier molecular flexibility index (Phi) is 4.71. The van der Waals surface area contributed by atoms with Crippen LogP contribution in [0.25, 0.3) is 0 Å². The first-order chi connectivity index (χ1) is 3.89. The van der Waals surface area contributed by atoms with Crippen molar-refractivity contribution in [1.29, 1.82) is 0 Å². The zero-order valence-corrected chi connectivity index (χ0v) is 5.86. The number of hydrogen-bond donors (Lipinski definition) is 2. The first-order valence-electron chi connectivity index (χ1n) is 2.69. The number of hydroxylamine groups is 1. The molecule has 1 heterocycles. The maximum Gasteiger partial charge on any atom is 0.0973 e. The monoisotopic (exact) mass is 150 g/mol. The molecule has 0 aromatic rings. The highest BCUT2D eigenvalue weighted by atomic mass is 35.5. The molecule has 0 saturated heterocycles. The van der Waals surface area contributed by atoms with Gasteiger partial charge in [-0.3, -0.25) is 4.84 Å². The molecule has 0 aromatic carbocycles. The molecule has 1 aliphatic heterocycles. The molecule has 1 unspecified atom stereocenters. The van der Waals surface area contributed by atoms with E-state index in [0.29, 0.717) is 6.61 Å². The number of rotatable bonds is 0. The summed E-state index contributed by atoms with van der Waals surface area (Å²) in [5.41, 5.74) is 8.05. The first kappa shape index (κ1) is 8.91. The molecule has 0 radical (unpaired) electrons. The second kappa shape index (κ2) is 4.76. The van der Waals surface area contributed by atoms with E-state index < -0.39 is 0 Å². The molecule has 0 amide bonds. The van der Waals surface area contributed by atoms with Crippen LogP contribution in [-0.2, 0) is 4.84 Å². The Labute approximate surface area is 60.6 Å². The predicted octanol–water partition coefficient (Wildman–Crippen LogP) is 0.174. The van der Waals surface area contributed by atoms with Gasteiger partial charge in [0.25, 0.3) is 0 Å². The van der Waals surface area contributed by atoms with Crippen LogP contribution >= 0.6 is 12.4 Å². The summed E-state index contributed by atoms with van der Waals surface area (Å²) in [5.74, 6) is 0. The van der Waals surface area contributed by atoms with E-state index in [1.807, 2.05) is 12.2 Å². The van der Waals surface area contributed by atoms with Gasteiger partial charge >= 0.3 is 0 Å². The van der Waals surface area contributed by atoms with Crippen LogP contribution in [0.4, 0.5) is 0 Å². The van der Waals surface area contributed by atoms with Crippen LogP contribution in [-0.4, -0.2) is 12.8 Å². The molecule has 3 nitrogen and oxygen atoms in total. The fourth-order valence-corrected chi connectivity index (χ4v) is 0.564. The summed E-state index contributed by atoms with van der Waals surface area (Å²) in [6.07, 6.45) is 4.70. The SMILES string of the molecule is Cl.NC1C=CCCON1. The van der Waals surface area contributed by atoms with Gasteiger partial charge in [-0.05, 0) is 6.42 Å². The fourth-order valence-electron chi connectivity index (χ4n) is 0.564. The molecule has 0 fully saturated rings. The molecule has 3 N–H and O–H groups in total. The lowest BCUT2D eigenvalue weighted by molar-refractivity contribution is 0.0350. The normalized spacial score (nSPS) is 26.6. The number of nitrogens with two attached hydrogens (primary N) is 1. The average Bonchev–Trinajstić information content (AvgIpc) is 1.94. The quantitative estimate of drug-likeness (QED) is 0.484. The van der Waals surface area contributed by atoms with E-state index in [1.165, 1.54) is 0 Å². The van der Waals surface area contributed by atoms with Crippen molar-refractivity contribution in [3.05, 3.63) is 12.2 Å². The molecule has 1 rings (SSSR count). The molecular formula is C5H11ClN2O. The van der Waals surface area contributed by atoms with Crippen molar-refractivity contribution >= 4 is 12.4 Å². The van der Waals surface area contributed by atoms with Gasteiger partial charge in [0.15, 0.2) is 0 Å². The van der Waals surface area contributed by atoms with Gasteiger partial charge in [-0.1, -0.05) is 12.2 Å². The van der Waals surface area contributed by atoms with Gasteiger partial charge in [-0.15, -0.1) is 12.4 Å². The lowest BCUT2D eigenvalue weighted by Gasteiger charge is -2.03. The van der Waals surface area contributed by atoms with Gasteiger partial charge in [0.05, 0.1) is 12.8 Å². The van der Waals surface area contributed by atoms with Gasteiger partial charge in [0.1, 0.15) is 0 Å². The molecule has 0 saturated carbocycles. The maximum atomic E-state index is 5.41. The Balaban J connectivity index is 0.000000640. The van der Waals surface area contributed by atoms with Gasteiger partial charge in [-0.2, -0.15) is 5.48 Å². The minimum Gasteiger partial charge on any atom is -0.311 e. The molecule has 54 valence electrons.